The average Bonchev–Trinajstić information content (AvgIpc) is 3.37. The Morgan fingerprint density at radius 2 is 0.764 bits per heavy atom. The van der Waals surface area contributed by atoms with Gasteiger partial charge < -0.3 is 24.2 Å². The summed E-state index contributed by atoms with van der Waals surface area (Å²) in [6.07, 6.45) is 60.3. The molecule has 0 radical (unpaired) electrons. The highest BCUT2D eigenvalue weighted by Gasteiger charge is 2.28. The van der Waals surface area contributed by atoms with E-state index in [-0.39, 0.29) is 19.3 Å². The van der Waals surface area contributed by atoms with Gasteiger partial charge in [0.1, 0.15) is 12.7 Å². The number of phosphoric ester groups is 1. The molecule has 0 aliphatic carbocycles. The van der Waals surface area contributed by atoms with Crippen molar-refractivity contribution in [3.05, 3.63) is 72.9 Å². The minimum absolute atomic E-state index is 0.00766. The summed E-state index contributed by atoms with van der Waals surface area (Å²) >= 11 is 0. The monoisotopic (exact) mass is 1030 g/mol. The van der Waals surface area contributed by atoms with Crippen LogP contribution in [0.5, 0.6) is 0 Å². The molecule has 0 bridgehead atoms. The second-order valence-electron chi connectivity index (χ2n) is 19.1. The summed E-state index contributed by atoms with van der Waals surface area (Å²) < 4.78 is 39.4. The molecular formula is C60H105O11P. The predicted molar refractivity (Wildman–Crippen MR) is 298 cm³/mol. The molecule has 72 heavy (non-hydrogen) atoms. The second-order valence-corrected chi connectivity index (χ2v) is 20.5. The summed E-state index contributed by atoms with van der Waals surface area (Å²) in [4.78, 5) is 48.4. The fourth-order valence-electron chi connectivity index (χ4n) is 7.78. The second kappa shape index (κ2) is 54.2. The van der Waals surface area contributed by atoms with Gasteiger partial charge in [-0.2, -0.15) is 0 Å². The molecule has 0 fully saturated rings. The van der Waals surface area contributed by atoms with Gasteiger partial charge in [0, 0.05) is 12.8 Å². The van der Waals surface area contributed by atoms with Crippen molar-refractivity contribution in [2.24, 2.45) is 0 Å². The summed E-state index contributed by atoms with van der Waals surface area (Å²) in [5.41, 5.74) is 0. The van der Waals surface area contributed by atoms with E-state index in [1.54, 1.807) is 6.08 Å². The van der Waals surface area contributed by atoms with Crippen LogP contribution in [0, 0.1) is 0 Å². The minimum Gasteiger partial charge on any atom is -0.461 e. The molecule has 0 heterocycles. The Labute approximate surface area is 439 Å². The standard InChI is InChI=1S/C60H105O11P/c1-4-7-10-13-16-19-22-25-28-31-34-37-40-43-46-49-58(62)67-53-57(71-60(64)51-48-45-42-39-36-33-30-27-24-21-18-15-12-9-6-3)55-69-72(65,66)68-54-56(52-61)70-59(63)50-47-44-41-38-35-32-29-26-23-20-17-14-11-8-5-2/h7,10,16,19,25,27-28,30,34,37,43,46,56-57,61H,4-6,8-9,11-15,17-18,20-24,26,29,31-33,35-36,38-42,44-45,47-55H2,1-3H3,(H,65,66)/b10-7-,19-16-,28-25-,30-27-,37-34-,46-43-. The Morgan fingerprint density at radius 3 is 1.17 bits per heavy atom. The first-order chi connectivity index (χ1) is 35.2. The van der Waals surface area contributed by atoms with Crippen molar-refractivity contribution in [2.45, 2.75) is 264 Å². The van der Waals surface area contributed by atoms with Gasteiger partial charge in [-0.1, -0.05) is 235 Å². The molecular weight excluding hydrogens is 928 g/mol. The number of carbonyl (C=O) groups is 3. The largest absolute Gasteiger partial charge is 0.472 e. The number of allylic oxidation sites excluding steroid dienone is 11. The van der Waals surface area contributed by atoms with E-state index in [0.29, 0.717) is 19.3 Å². The van der Waals surface area contributed by atoms with Gasteiger partial charge in [-0.05, 0) is 70.6 Å². The molecule has 0 spiro atoms. The van der Waals surface area contributed by atoms with Crippen LogP contribution in [0.2, 0.25) is 0 Å². The van der Waals surface area contributed by atoms with E-state index >= 15 is 0 Å². The van der Waals surface area contributed by atoms with E-state index in [4.69, 9.17) is 23.3 Å². The van der Waals surface area contributed by atoms with Crippen molar-refractivity contribution in [3.63, 3.8) is 0 Å². The zero-order valence-corrected chi connectivity index (χ0v) is 46.8. The molecule has 0 saturated heterocycles. The van der Waals surface area contributed by atoms with Crippen LogP contribution < -0.4 is 0 Å². The lowest BCUT2D eigenvalue weighted by molar-refractivity contribution is -0.161. The number of phosphoric acid groups is 1. The molecule has 0 rings (SSSR count). The summed E-state index contributed by atoms with van der Waals surface area (Å²) in [7, 11) is -4.77. The predicted octanol–water partition coefficient (Wildman–Crippen LogP) is 16.9. The van der Waals surface area contributed by atoms with E-state index < -0.39 is 64.4 Å². The third kappa shape index (κ3) is 51.8. The molecule has 12 heteroatoms. The Hall–Kier alpha value is -3.08. The van der Waals surface area contributed by atoms with E-state index in [0.717, 1.165) is 83.5 Å². The molecule has 0 amide bonds. The number of aliphatic hydroxyl groups is 1. The highest BCUT2D eigenvalue weighted by Crippen LogP contribution is 2.43. The van der Waals surface area contributed by atoms with Gasteiger partial charge in [-0.15, -0.1) is 0 Å². The first kappa shape index (κ1) is 68.9. The van der Waals surface area contributed by atoms with Gasteiger partial charge in [0.05, 0.1) is 26.2 Å². The summed E-state index contributed by atoms with van der Waals surface area (Å²) in [6.45, 7) is 4.42. The summed E-state index contributed by atoms with van der Waals surface area (Å²) in [6, 6.07) is 0. The Kier molecular flexibility index (Phi) is 51.9. The van der Waals surface area contributed by atoms with Crippen LogP contribution in [0.1, 0.15) is 252 Å². The molecule has 416 valence electrons. The van der Waals surface area contributed by atoms with Gasteiger partial charge in [0.15, 0.2) is 6.10 Å². The number of carbonyl (C=O) groups excluding carboxylic acids is 3. The molecule has 2 N–H and O–H groups in total. The molecule has 0 aliphatic rings. The van der Waals surface area contributed by atoms with Crippen LogP contribution in [0.3, 0.4) is 0 Å². The van der Waals surface area contributed by atoms with Gasteiger partial charge in [-0.3, -0.25) is 23.4 Å². The maximum absolute atomic E-state index is 12.9. The van der Waals surface area contributed by atoms with Gasteiger partial charge in [0.2, 0.25) is 0 Å². The van der Waals surface area contributed by atoms with Crippen LogP contribution in [0.25, 0.3) is 0 Å². The van der Waals surface area contributed by atoms with E-state index in [9.17, 15) is 28.9 Å². The van der Waals surface area contributed by atoms with Crippen molar-refractivity contribution in [1.29, 1.82) is 0 Å². The van der Waals surface area contributed by atoms with Gasteiger partial charge >= 0.3 is 25.7 Å². The van der Waals surface area contributed by atoms with Crippen LogP contribution in [-0.2, 0) is 42.2 Å². The molecule has 0 aromatic heterocycles. The molecule has 0 aliphatic heterocycles. The van der Waals surface area contributed by atoms with Crippen LogP contribution >= 0.6 is 7.82 Å². The fraction of sp³-hybridized carbons (Fsp3) is 0.750. The van der Waals surface area contributed by atoms with Gasteiger partial charge in [0.25, 0.3) is 0 Å². The summed E-state index contributed by atoms with van der Waals surface area (Å²) in [5, 5.41) is 9.81. The van der Waals surface area contributed by atoms with Crippen LogP contribution in [-0.4, -0.2) is 66.5 Å². The van der Waals surface area contributed by atoms with Crippen LogP contribution in [0.4, 0.5) is 0 Å². The van der Waals surface area contributed by atoms with Crippen molar-refractivity contribution in [1.82, 2.24) is 0 Å². The molecule has 0 saturated carbocycles. The first-order valence-electron chi connectivity index (χ1n) is 28.8. The molecule has 3 atom stereocenters. The molecule has 0 aromatic carbocycles. The number of rotatable bonds is 53. The van der Waals surface area contributed by atoms with E-state index in [1.165, 1.54) is 109 Å². The minimum atomic E-state index is -4.77. The average molecular weight is 1030 g/mol. The lowest BCUT2D eigenvalue weighted by Gasteiger charge is -2.21. The van der Waals surface area contributed by atoms with Crippen molar-refractivity contribution < 1.29 is 52.2 Å². The first-order valence-corrected chi connectivity index (χ1v) is 30.3. The highest BCUT2D eigenvalue weighted by atomic mass is 31.2. The smallest absolute Gasteiger partial charge is 0.461 e. The maximum Gasteiger partial charge on any atom is 0.472 e. The molecule has 0 aromatic rings. The SMILES string of the molecule is CC/C=C\C/C=C\C/C=C\C/C=C\C/C=C\CC(=O)OCC(COP(=O)(O)OCC(CO)OC(=O)CCCCCCCCCCCCCCCCC)OC(=O)CCCCCCC/C=C\CCCCCCCC. The quantitative estimate of drug-likeness (QED) is 0.0197. The number of hydrogen-bond acceptors (Lipinski definition) is 10. The molecule has 3 unspecified atom stereocenters. The number of unbranched alkanes of at least 4 members (excludes halogenated alkanes) is 25. The zero-order chi connectivity index (χ0) is 52.7. The van der Waals surface area contributed by atoms with Crippen molar-refractivity contribution in [2.75, 3.05) is 26.4 Å². The van der Waals surface area contributed by atoms with E-state index in [2.05, 4.69) is 75.5 Å². The van der Waals surface area contributed by atoms with E-state index in [1.807, 2.05) is 12.2 Å². The number of ether oxygens (including phenoxy) is 3. The Balaban J connectivity index is 4.80. The Bertz CT molecular complexity index is 1490. The number of esters is 3. The normalized spacial score (nSPS) is 13.9. The fourth-order valence-corrected chi connectivity index (χ4v) is 8.56. The summed E-state index contributed by atoms with van der Waals surface area (Å²) in [5.74, 6) is -1.62. The lowest BCUT2D eigenvalue weighted by Crippen LogP contribution is -2.30. The third-order valence-electron chi connectivity index (χ3n) is 12.1. The Morgan fingerprint density at radius 1 is 0.417 bits per heavy atom. The highest BCUT2D eigenvalue weighted by molar-refractivity contribution is 7.47. The topological polar surface area (TPSA) is 155 Å². The maximum atomic E-state index is 12.9. The zero-order valence-electron chi connectivity index (χ0n) is 45.9. The van der Waals surface area contributed by atoms with Crippen molar-refractivity contribution >= 4 is 25.7 Å². The number of aliphatic hydroxyl groups excluding tert-OH is 1. The third-order valence-corrected chi connectivity index (χ3v) is 13.1. The van der Waals surface area contributed by atoms with Gasteiger partial charge in [-0.25, -0.2) is 4.57 Å². The van der Waals surface area contributed by atoms with Crippen LogP contribution in [0.15, 0.2) is 72.9 Å². The van der Waals surface area contributed by atoms with Crippen molar-refractivity contribution in [3.8, 4) is 0 Å². The number of hydrogen-bond donors (Lipinski definition) is 2. The lowest BCUT2D eigenvalue weighted by atomic mass is 10.0. The molecule has 11 nitrogen and oxygen atoms in total.